The lowest BCUT2D eigenvalue weighted by Crippen LogP contribution is -2.52. The van der Waals surface area contributed by atoms with Crippen LogP contribution in [0.25, 0.3) is 0 Å². The first kappa shape index (κ1) is 15.2. The molecule has 2 amide bonds. The Hall–Kier alpha value is -2.15. The zero-order valence-electron chi connectivity index (χ0n) is 11.6. The number of amides is 2. The van der Waals surface area contributed by atoms with Gasteiger partial charge in [-0.25, -0.2) is 9.18 Å². The molecule has 6 nitrogen and oxygen atoms in total. The highest BCUT2D eigenvalue weighted by atomic mass is 19.1. The van der Waals surface area contributed by atoms with E-state index in [0.717, 1.165) is 0 Å². The van der Waals surface area contributed by atoms with Crippen molar-refractivity contribution in [1.29, 1.82) is 0 Å². The fourth-order valence-corrected chi connectivity index (χ4v) is 2.22. The van der Waals surface area contributed by atoms with Gasteiger partial charge in [0.25, 0.3) is 0 Å². The van der Waals surface area contributed by atoms with E-state index in [0.29, 0.717) is 31.7 Å². The van der Waals surface area contributed by atoms with Gasteiger partial charge < -0.3 is 15.3 Å². The van der Waals surface area contributed by atoms with Gasteiger partial charge in [0.15, 0.2) is 0 Å². The molecule has 0 aromatic heterocycles. The zero-order valence-corrected chi connectivity index (χ0v) is 11.6. The molecule has 7 heteroatoms. The second kappa shape index (κ2) is 7.03. The number of benzene rings is 1. The number of carbonyl (C=O) groups excluding carboxylic acids is 1. The Morgan fingerprint density at radius 1 is 1.19 bits per heavy atom. The minimum atomic E-state index is -0.868. The van der Waals surface area contributed by atoms with E-state index >= 15 is 0 Å². The smallest absolute Gasteiger partial charge is 0.317 e. The number of halogens is 1. The maximum Gasteiger partial charge on any atom is 0.317 e. The van der Waals surface area contributed by atoms with Crippen LogP contribution in [0.5, 0.6) is 0 Å². The summed E-state index contributed by atoms with van der Waals surface area (Å²) in [6.07, 6.45) is 0. The van der Waals surface area contributed by atoms with Crippen molar-refractivity contribution in [3.63, 3.8) is 0 Å². The number of nitrogens with one attached hydrogen (secondary N) is 1. The lowest BCUT2D eigenvalue weighted by Gasteiger charge is -2.33. The first-order valence-electron chi connectivity index (χ1n) is 6.76. The third-order valence-electron chi connectivity index (χ3n) is 3.41. The second-order valence-electron chi connectivity index (χ2n) is 4.91. The Balaban J connectivity index is 1.77. The third kappa shape index (κ3) is 4.42. The van der Waals surface area contributed by atoms with Crippen LogP contribution in [0.1, 0.15) is 5.56 Å². The van der Waals surface area contributed by atoms with Gasteiger partial charge in [-0.15, -0.1) is 0 Å². The van der Waals surface area contributed by atoms with Crippen LogP contribution in [0.2, 0.25) is 0 Å². The van der Waals surface area contributed by atoms with Crippen molar-refractivity contribution in [1.82, 2.24) is 15.1 Å². The average Bonchev–Trinajstić information content (AvgIpc) is 2.46. The summed E-state index contributed by atoms with van der Waals surface area (Å²) in [5.74, 6) is -1.21. The Labute approximate surface area is 122 Å². The standard InChI is InChI=1S/C14H18FN3O3/c15-12-4-2-1-3-11(12)9-16-14(21)18-7-5-17(6-8-18)10-13(19)20/h1-4H,5-10H2,(H,16,21)(H,19,20). The number of piperazine rings is 1. The first-order chi connectivity index (χ1) is 10.1. The van der Waals surface area contributed by atoms with Gasteiger partial charge in [-0.05, 0) is 6.07 Å². The normalized spacial score (nSPS) is 15.8. The summed E-state index contributed by atoms with van der Waals surface area (Å²) >= 11 is 0. The van der Waals surface area contributed by atoms with E-state index in [-0.39, 0.29) is 24.9 Å². The van der Waals surface area contributed by atoms with Crippen LogP contribution in [-0.2, 0) is 11.3 Å². The summed E-state index contributed by atoms with van der Waals surface area (Å²) in [4.78, 5) is 26.0. The van der Waals surface area contributed by atoms with Gasteiger partial charge in [-0.3, -0.25) is 9.69 Å². The summed E-state index contributed by atoms with van der Waals surface area (Å²) in [6, 6.07) is 6.04. The van der Waals surface area contributed by atoms with Crippen LogP contribution in [0.15, 0.2) is 24.3 Å². The molecule has 114 valence electrons. The predicted molar refractivity (Wildman–Crippen MR) is 74.3 cm³/mol. The van der Waals surface area contributed by atoms with E-state index in [9.17, 15) is 14.0 Å². The van der Waals surface area contributed by atoms with E-state index in [1.165, 1.54) is 6.07 Å². The molecule has 1 heterocycles. The number of aliphatic carboxylic acids is 1. The van der Waals surface area contributed by atoms with Crippen LogP contribution < -0.4 is 5.32 Å². The number of hydrogen-bond donors (Lipinski definition) is 2. The molecule has 1 aliphatic heterocycles. The molecule has 0 radical (unpaired) electrons. The fourth-order valence-electron chi connectivity index (χ4n) is 2.22. The fraction of sp³-hybridized carbons (Fsp3) is 0.429. The Bertz CT molecular complexity index is 516. The minimum Gasteiger partial charge on any atom is -0.480 e. The molecule has 21 heavy (non-hydrogen) atoms. The lowest BCUT2D eigenvalue weighted by atomic mass is 10.2. The summed E-state index contributed by atoms with van der Waals surface area (Å²) in [7, 11) is 0. The van der Waals surface area contributed by atoms with Gasteiger partial charge >= 0.3 is 12.0 Å². The van der Waals surface area contributed by atoms with E-state index in [2.05, 4.69) is 5.32 Å². The number of rotatable bonds is 4. The Kier molecular flexibility index (Phi) is 5.10. The molecule has 1 fully saturated rings. The van der Waals surface area contributed by atoms with Crippen molar-refractivity contribution in [2.75, 3.05) is 32.7 Å². The van der Waals surface area contributed by atoms with Crippen molar-refractivity contribution in [3.8, 4) is 0 Å². The van der Waals surface area contributed by atoms with E-state index < -0.39 is 5.97 Å². The molecule has 1 aromatic rings. The highest BCUT2D eigenvalue weighted by Crippen LogP contribution is 2.07. The molecule has 0 spiro atoms. The molecule has 2 rings (SSSR count). The van der Waals surface area contributed by atoms with Crippen molar-refractivity contribution < 1.29 is 19.1 Å². The van der Waals surface area contributed by atoms with Crippen molar-refractivity contribution >= 4 is 12.0 Å². The van der Waals surface area contributed by atoms with E-state index in [4.69, 9.17) is 5.11 Å². The van der Waals surface area contributed by atoms with Crippen molar-refractivity contribution in [2.24, 2.45) is 0 Å². The molecule has 0 atom stereocenters. The topological polar surface area (TPSA) is 72.9 Å². The highest BCUT2D eigenvalue weighted by Gasteiger charge is 2.22. The largest absolute Gasteiger partial charge is 0.480 e. The second-order valence-corrected chi connectivity index (χ2v) is 4.91. The predicted octanol–water partition coefficient (Wildman–Crippen LogP) is 0.738. The minimum absolute atomic E-state index is 0.00924. The number of urea groups is 1. The zero-order chi connectivity index (χ0) is 15.2. The van der Waals surface area contributed by atoms with Gasteiger partial charge in [0, 0.05) is 38.3 Å². The number of nitrogens with zero attached hydrogens (tertiary/aromatic N) is 2. The molecule has 0 aliphatic carbocycles. The number of carboxylic acid groups (broad SMARTS) is 1. The van der Waals surface area contributed by atoms with Crippen LogP contribution in [-0.4, -0.2) is 59.6 Å². The Morgan fingerprint density at radius 2 is 1.86 bits per heavy atom. The lowest BCUT2D eigenvalue weighted by molar-refractivity contribution is -0.138. The van der Waals surface area contributed by atoms with Crippen LogP contribution in [0, 0.1) is 5.82 Å². The van der Waals surface area contributed by atoms with Crippen LogP contribution in [0.4, 0.5) is 9.18 Å². The third-order valence-corrected chi connectivity index (χ3v) is 3.41. The molecule has 1 aromatic carbocycles. The van der Waals surface area contributed by atoms with Crippen LogP contribution in [0.3, 0.4) is 0 Å². The molecule has 1 aliphatic rings. The highest BCUT2D eigenvalue weighted by molar-refractivity contribution is 5.74. The number of hydrogen-bond acceptors (Lipinski definition) is 3. The molecule has 1 saturated heterocycles. The van der Waals surface area contributed by atoms with Gasteiger partial charge in [0.2, 0.25) is 0 Å². The summed E-state index contributed by atoms with van der Waals surface area (Å²) < 4.78 is 13.4. The summed E-state index contributed by atoms with van der Waals surface area (Å²) in [6.45, 7) is 2.12. The van der Waals surface area contributed by atoms with Gasteiger partial charge in [-0.2, -0.15) is 0 Å². The number of carboxylic acids is 1. The molecule has 0 saturated carbocycles. The Morgan fingerprint density at radius 3 is 2.48 bits per heavy atom. The van der Waals surface area contributed by atoms with Gasteiger partial charge in [0.1, 0.15) is 5.82 Å². The quantitative estimate of drug-likeness (QED) is 0.859. The van der Waals surface area contributed by atoms with Crippen molar-refractivity contribution in [2.45, 2.75) is 6.54 Å². The summed E-state index contributed by atoms with van der Waals surface area (Å²) in [5.41, 5.74) is 0.440. The molecular weight excluding hydrogens is 277 g/mol. The van der Waals surface area contributed by atoms with Crippen molar-refractivity contribution in [3.05, 3.63) is 35.6 Å². The molecule has 0 unspecified atom stereocenters. The van der Waals surface area contributed by atoms with Gasteiger partial charge in [-0.1, -0.05) is 18.2 Å². The first-order valence-corrected chi connectivity index (χ1v) is 6.76. The van der Waals surface area contributed by atoms with Gasteiger partial charge in [0.05, 0.1) is 6.54 Å². The summed E-state index contributed by atoms with van der Waals surface area (Å²) in [5, 5.41) is 11.4. The van der Waals surface area contributed by atoms with Crippen LogP contribution >= 0.6 is 0 Å². The number of carbonyl (C=O) groups is 2. The van der Waals surface area contributed by atoms with E-state index in [1.54, 1.807) is 28.0 Å². The SMILES string of the molecule is O=C(O)CN1CCN(C(=O)NCc2ccccc2F)CC1. The van der Waals surface area contributed by atoms with E-state index in [1.807, 2.05) is 0 Å². The molecular formula is C14H18FN3O3. The molecule has 2 N–H and O–H groups in total. The maximum atomic E-state index is 13.4. The average molecular weight is 295 g/mol. The molecule has 0 bridgehead atoms. The monoisotopic (exact) mass is 295 g/mol. The maximum absolute atomic E-state index is 13.4.